The van der Waals surface area contributed by atoms with Gasteiger partial charge in [-0.25, -0.2) is 4.39 Å². The number of benzene rings is 2. The molecular weight excluding hydrogens is 261 g/mol. The number of para-hydroxylation sites is 1. The lowest BCUT2D eigenvalue weighted by atomic mass is 10.1. The molecule has 4 heteroatoms. The van der Waals surface area contributed by atoms with E-state index in [0.29, 0.717) is 11.4 Å². The van der Waals surface area contributed by atoms with Crippen molar-refractivity contribution in [3.05, 3.63) is 59.9 Å². The fourth-order valence-electron chi connectivity index (χ4n) is 1.86. The summed E-state index contributed by atoms with van der Waals surface area (Å²) in [6, 6.07) is 14.4. The molecule has 0 saturated heterocycles. The van der Waals surface area contributed by atoms with E-state index in [2.05, 4.69) is 0 Å². The lowest BCUT2D eigenvalue weighted by Gasteiger charge is -2.18. The Labute approximate surface area is 116 Å². The van der Waals surface area contributed by atoms with E-state index in [0.717, 1.165) is 11.3 Å². The van der Waals surface area contributed by atoms with Gasteiger partial charge in [-0.2, -0.15) is 0 Å². The molecule has 0 bridgehead atoms. The molecule has 2 N–H and O–H groups in total. The summed E-state index contributed by atoms with van der Waals surface area (Å²) in [5.41, 5.74) is 6.81. The summed E-state index contributed by atoms with van der Waals surface area (Å²) in [6.45, 7) is 0.416. The summed E-state index contributed by atoms with van der Waals surface area (Å²) in [5.74, 6) is 0.558. The van der Waals surface area contributed by atoms with E-state index >= 15 is 0 Å². The van der Waals surface area contributed by atoms with Crippen LogP contribution in [0.15, 0.2) is 53.4 Å². The molecule has 19 heavy (non-hydrogen) atoms. The number of hydrogen-bond acceptors (Lipinski definition) is 3. The summed E-state index contributed by atoms with van der Waals surface area (Å²) in [6.07, 6.45) is 0. The van der Waals surface area contributed by atoms with Gasteiger partial charge in [0.05, 0.1) is 12.4 Å². The van der Waals surface area contributed by atoms with Gasteiger partial charge in [-0.3, -0.25) is 0 Å². The molecule has 2 rings (SSSR count). The van der Waals surface area contributed by atoms with Crippen molar-refractivity contribution >= 4 is 11.8 Å². The predicted octanol–water partition coefficient (Wildman–Crippen LogP) is 3.63. The van der Waals surface area contributed by atoms with Gasteiger partial charge in [0.1, 0.15) is 11.6 Å². The highest BCUT2D eigenvalue weighted by atomic mass is 32.2. The molecule has 0 radical (unpaired) electrons. The highest BCUT2D eigenvalue weighted by Crippen LogP contribution is 2.39. The second kappa shape index (κ2) is 6.59. The van der Waals surface area contributed by atoms with Gasteiger partial charge in [-0.15, -0.1) is 11.8 Å². The van der Waals surface area contributed by atoms with Crippen LogP contribution in [0.4, 0.5) is 4.39 Å². The second-order valence-corrected chi connectivity index (χ2v) is 5.26. The first-order chi connectivity index (χ1) is 9.26. The van der Waals surface area contributed by atoms with Crippen LogP contribution < -0.4 is 10.5 Å². The molecule has 0 heterocycles. The van der Waals surface area contributed by atoms with Crippen LogP contribution in [0.5, 0.6) is 5.75 Å². The zero-order chi connectivity index (χ0) is 13.7. The third-order valence-corrected chi connectivity index (χ3v) is 4.12. The van der Waals surface area contributed by atoms with Crippen LogP contribution in [0.1, 0.15) is 10.8 Å². The summed E-state index contributed by atoms with van der Waals surface area (Å²) in [7, 11) is 1.63. The summed E-state index contributed by atoms with van der Waals surface area (Å²) in [5, 5.41) is -0.0342. The molecular formula is C15H16FNOS. The molecule has 100 valence electrons. The minimum atomic E-state index is -0.221. The van der Waals surface area contributed by atoms with Gasteiger partial charge in [0.2, 0.25) is 0 Å². The van der Waals surface area contributed by atoms with Crippen molar-refractivity contribution < 1.29 is 9.13 Å². The smallest absolute Gasteiger partial charge is 0.136 e. The zero-order valence-corrected chi connectivity index (χ0v) is 11.5. The Morgan fingerprint density at radius 1 is 1.16 bits per heavy atom. The van der Waals surface area contributed by atoms with Crippen LogP contribution in [0.3, 0.4) is 0 Å². The normalized spacial score (nSPS) is 12.2. The number of nitrogens with two attached hydrogens (primary N) is 1. The van der Waals surface area contributed by atoms with E-state index < -0.39 is 0 Å². The molecule has 0 spiro atoms. The Kier molecular flexibility index (Phi) is 4.82. The van der Waals surface area contributed by atoms with Gasteiger partial charge in [-0.05, 0) is 18.2 Å². The van der Waals surface area contributed by atoms with Crippen LogP contribution in [0.2, 0.25) is 0 Å². The third kappa shape index (κ3) is 3.28. The molecule has 2 nitrogen and oxygen atoms in total. The Balaban J connectivity index is 2.28. The van der Waals surface area contributed by atoms with E-state index in [9.17, 15) is 4.39 Å². The van der Waals surface area contributed by atoms with Gasteiger partial charge in [-0.1, -0.05) is 30.3 Å². The van der Waals surface area contributed by atoms with Crippen molar-refractivity contribution in [3.8, 4) is 5.75 Å². The first kappa shape index (κ1) is 13.9. The maximum Gasteiger partial charge on any atom is 0.136 e. The predicted molar refractivity (Wildman–Crippen MR) is 77.0 cm³/mol. The van der Waals surface area contributed by atoms with Gasteiger partial charge >= 0.3 is 0 Å². The van der Waals surface area contributed by atoms with Gasteiger partial charge in [0.25, 0.3) is 0 Å². The number of halogens is 1. The summed E-state index contributed by atoms with van der Waals surface area (Å²) in [4.78, 5) is 0.601. The largest absolute Gasteiger partial charge is 0.496 e. The van der Waals surface area contributed by atoms with Gasteiger partial charge in [0, 0.05) is 17.0 Å². The SMILES string of the molecule is COc1ccccc1C(CN)Sc1ccccc1F. The Morgan fingerprint density at radius 3 is 2.53 bits per heavy atom. The fourth-order valence-corrected chi connectivity index (χ4v) is 2.93. The van der Waals surface area contributed by atoms with Gasteiger partial charge < -0.3 is 10.5 Å². The minimum absolute atomic E-state index is 0.0342. The van der Waals surface area contributed by atoms with Crippen molar-refractivity contribution in [1.82, 2.24) is 0 Å². The van der Waals surface area contributed by atoms with E-state index in [-0.39, 0.29) is 11.1 Å². The molecule has 1 unspecified atom stereocenters. The molecule has 0 aromatic heterocycles. The third-order valence-electron chi connectivity index (χ3n) is 2.81. The van der Waals surface area contributed by atoms with Crippen molar-refractivity contribution in [1.29, 1.82) is 0 Å². The lowest BCUT2D eigenvalue weighted by molar-refractivity contribution is 0.409. The first-order valence-electron chi connectivity index (χ1n) is 6.00. The maximum atomic E-state index is 13.7. The van der Waals surface area contributed by atoms with Crippen LogP contribution in [-0.4, -0.2) is 13.7 Å². The number of methoxy groups -OCH3 is 1. The minimum Gasteiger partial charge on any atom is -0.496 e. The summed E-state index contributed by atoms with van der Waals surface area (Å²) < 4.78 is 19.0. The highest BCUT2D eigenvalue weighted by Gasteiger charge is 2.17. The monoisotopic (exact) mass is 277 g/mol. The van der Waals surface area contributed by atoms with E-state index in [1.54, 1.807) is 19.2 Å². The van der Waals surface area contributed by atoms with E-state index in [1.165, 1.54) is 17.8 Å². The molecule has 0 fully saturated rings. The Hall–Kier alpha value is -1.52. The Morgan fingerprint density at radius 2 is 1.84 bits per heavy atom. The van der Waals surface area contributed by atoms with E-state index in [4.69, 9.17) is 10.5 Å². The molecule has 2 aromatic carbocycles. The molecule has 0 saturated carbocycles. The molecule has 2 aromatic rings. The Bertz CT molecular complexity index is 547. The van der Waals surface area contributed by atoms with Crippen molar-refractivity contribution in [2.75, 3.05) is 13.7 Å². The average Bonchev–Trinajstić information content (AvgIpc) is 2.46. The van der Waals surface area contributed by atoms with Crippen LogP contribution in [0, 0.1) is 5.82 Å². The van der Waals surface area contributed by atoms with Gasteiger partial charge in [0.15, 0.2) is 0 Å². The first-order valence-corrected chi connectivity index (χ1v) is 6.88. The van der Waals surface area contributed by atoms with Crippen LogP contribution in [0.25, 0.3) is 0 Å². The van der Waals surface area contributed by atoms with Crippen molar-refractivity contribution in [2.24, 2.45) is 5.73 Å². The molecule has 0 aliphatic heterocycles. The standard InChI is InChI=1S/C15H16FNOS/c1-18-13-8-4-2-6-11(13)15(10-17)19-14-9-5-3-7-12(14)16/h2-9,15H,10,17H2,1H3. The fraction of sp³-hybridized carbons (Fsp3) is 0.200. The quantitative estimate of drug-likeness (QED) is 0.848. The average molecular weight is 277 g/mol. The molecule has 0 aliphatic rings. The van der Waals surface area contributed by atoms with Crippen molar-refractivity contribution in [2.45, 2.75) is 10.1 Å². The van der Waals surface area contributed by atoms with Crippen LogP contribution >= 0.6 is 11.8 Å². The number of thioether (sulfide) groups is 1. The lowest BCUT2D eigenvalue weighted by Crippen LogP contribution is -2.10. The topological polar surface area (TPSA) is 35.2 Å². The maximum absolute atomic E-state index is 13.7. The zero-order valence-electron chi connectivity index (χ0n) is 10.7. The van der Waals surface area contributed by atoms with E-state index in [1.807, 2.05) is 30.3 Å². The second-order valence-electron chi connectivity index (χ2n) is 4.01. The molecule has 1 atom stereocenters. The van der Waals surface area contributed by atoms with Crippen molar-refractivity contribution in [3.63, 3.8) is 0 Å². The number of ether oxygens (including phenoxy) is 1. The number of rotatable bonds is 5. The highest BCUT2D eigenvalue weighted by molar-refractivity contribution is 7.99. The molecule has 0 aliphatic carbocycles. The molecule has 0 amide bonds. The van der Waals surface area contributed by atoms with Crippen LogP contribution in [-0.2, 0) is 0 Å². The number of hydrogen-bond donors (Lipinski definition) is 1. The summed E-state index contributed by atoms with van der Waals surface area (Å²) >= 11 is 1.42.